The summed E-state index contributed by atoms with van der Waals surface area (Å²) in [5.41, 5.74) is 2.54. The first-order valence-electron chi connectivity index (χ1n) is 6.06. The van der Waals surface area contributed by atoms with E-state index in [1.165, 1.54) is 0 Å². The van der Waals surface area contributed by atoms with Crippen molar-refractivity contribution in [1.82, 2.24) is 26.4 Å². The van der Waals surface area contributed by atoms with Gasteiger partial charge < -0.3 is 11.5 Å². The first-order valence-corrected chi connectivity index (χ1v) is 6.06. The predicted molar refractivity (Wildman–Crippen MR) is 76.6 cm³/mol. The van der Waals surface area contributed by atoms with Crippen molar-refractivity contribution in [3.63, 3.8) is 0 Å². The summed E-state index contributed by atoms with van der Waals surface area (Å²) < 4.78 is 4.66. The van der Waals surface area contributed by atoms with Gasteiger partial charge in [0.1, 0.15) is 5.69 Å². The number of benzene rings is 1. The van der Waals surface area contributed by atoms with E-state index < -0.39 is 0 Å². The molecule has 0 aliphatic carbocycles. The van der Waals surface area contributed by atoms with Crippen LogP contribution in [-0.4, -0.2) is 26.3 Å². The maximum Gasteiger partial charge on any atom is 0.245 e. The van der Waals surface area contributed by atoms with E-state index in [2.05, 4.69) is 30.2 Å². The molecule has 0 bridgehead atoms. The van der Waals surface area contributed by atoms with Crippen LogP contribution in [0.4, 0.5) is 5.82 Å². The van der Waals surface area contributed by atoms with Crippen molar-refractivity contribution in [2.45, 2.75) is 19.9 Å². The second-order valence-corrected chi connectivity index (χ2v) is 4.50. The Morgan fingerprint density at radius 2 is 1.65 bits per heavy atom. The fraction of sp³-hybridized carbons (Fsp3) is 0.231. The van der Waals surface area contributed by atoms with Crippen LogP contribution in [0.1, 0.15) is 13.8 Å². The molecule has 0 saturated carbocycles. The zero-order valence-electron chi connectivity index (χ0n) is 11.4. The normalized spacial score (nSPS) is 10.6. The molecule has 3 aromatic rings. The number of nitrogens with zero attached hydrogens (tertiary/aromatic N) is 4. The summed E-state index contributed by atoms with van der Waals surface area (Å²) in [5.74, 6) is 0.685. The molecule has 0 aliphatic heterocycles. The maximum atomic E-state index is 4.66. The van der Waals surface area contributed by atoms with Crippen LogP contribution in [0, 0.1) is 0 Å². The van der Waals surface area contributed by atoms with Crippen LogP contribution < -0.4 is 11.5 Å². The molecular weight excluding hydrogens is 256 g/mol. The van der Waals surface area contributed by atoms with Crippen molar-refractivity contribution >= 4 is 17.1 Å². The van der Waals surface area contributed by atoms with Gasteiger partial charge in [0, 0.05) is 11.6 Å². The number of nitrogens with one attached hydrogen (secondary N) is 1. The molecule has 0 fully saturated rings. The summed E-state index contributed by atoms with van der Waals surface area (Å²) in [6, 6.07) is 10.1. The van der Waals surface area contributed by atoms with Gasteiger partial charge in [-0.05, 0) is 24.2 Å². The number of aromatic nitrogens is 4. The Morgan fingerprint density at radius 1 is 1.00 bits per heavy atom. The van der Waals surface area contributed by atoms with Gasteiger partial charge in [-0.15, -0.1) is 0 Å². The number of anilines is 1. The first kappa shape index (κ1) is 13.9. The van der Waals surface area contributed by atoms with Gasteiger partial charge in [0.25, 0.3) is 0 Å². The van der Waals surface area contributed by atoms with Crippen LogP contribution in [0.5, 0.6) is 0 Å². The van der Waals surface area contributed by atoms with E-state index in [9.17, 15) is 0 Å². The lowest BCUT2D eigenvalue weighted by molar-refractivity contribution is 0.314. The lowest BCUT2D eigenvalue weighted by Gasteiger charge is -2.12. The average Bonchev–Trinajstić information content (AvgIpc) is 2.85. The zero-order chi connectivity index (χ0) is 13.2. The molecule has 0 atom stereocenters. The maximum absolute atomic E-state index is 4.66. The van der Waals surface area contributed by atoms with E-state index in [0.717, 1.165) is 11.3 Å². The Hall–Kier alpha value is -2.54. The highest BCUT2D eigenvalue weighted by molar-refractivity contribution is 5.78. The minimum atomic E-state index is 0. The third-order valence-electron chi connectivity index (χ3n) is 2.59. The van der Waals surface area contributed by atoms with Crippen molar-refractivity contribution < 1.29 is 4.63 Å². The molecule has 7 nitrogen and oxygen atoms in total. The molecule has 0 amide bonds. The molecule has 0 radical (unpaired) electrons. The molecule has 2 heterocycles. The third-order valence-corrected chi connectivity index (χ3v) is 2.59. The number of hydrogen-bond donors (Lipinski definition) is 2. The molecule has 3 rings (SSSR count). The summed E-state index contributed by atoms with van der Waals surface area (Å²) in [6.45, 7) is 4.09. The number of fused-ring (bicyclic) bond motifs is 1. The van der Waals surface area contributed by atoms with Crippen molar-refractivity contribution in [3.05, 3.63) is 30.3 Å². The van der Waals surface area contributed by atoms with Crippen LogP contribution in [0.15, 0.2) is 35.0 Å². The summed E-state index contributed by atoms with van der Waals surface area (Å²) >= 11 is 0. The van der Waals surface area contributed by atoms with Crippen molar-refractivity contribution in [2.24, 2.45) is 0 Å². The Labute approximate surface area is 116 Å². The molecule has 0 unspecified atom stereocenters. The Bertz CT molecular complexity index is 694. The first-order chi connectivity index (χ1) is 9.24. The Balaban J connectivity index is 0.00000147. The van der Waals surface area contributed by atoms with Gasteiger partial charge in [-0.1, -0.05) is 30.3 Å². The van der Waals surface area contributed by atoms with Crippen LogP contribution >= 0.6 is 0 Å². The van der Waals surface area contributed by atoms with Crippen molar-refractivity contribution in [1.29, 1.82) is 0 Å². The molecule has 0 spiro atoms. The molecule has 104 valence electrons. The molecule has 7 heteroatoms. The smallest absolute Gasteiger partial charge is 0.245 e. The Morgan fingerprint density at radius 3 is 2.30 bits per heavy atom. The Kier molecular flexibility index (Phi) is 3.90. The topological polar surface area (TPSA) is 112 Å². The standard InChI is InChI=1S/C13H13N5O.H3N/c1-8(2)14-11-10(9-6-4-3-5-7-9)15-12-13(16-11)18-19-17-12;/h3-8H,1-2H3,(H,14,16,18);1H3. The lowest BCUT2D eigenvalue weighted by Crippen LogP contribution is -2.13. The molecule has 0 saturated heterocycles. The SMILES string of the molecule is CC(C)Nc1nc2nonc2nc1-c1ccccc1.N. The summed E-state index contributed by atoms with van der Waals surface area (Å²) in [5, 5.41) is 10.7. The van der Waals surface area contributed by atoms with Crippen LogP contribution in [0.3, 0.4) is 0 Å². The quantitative estimate of drug-likeness (QED) is 0.753. The lowest BCUT2D eigenvalue weighted by atomic mass is 10.1. The summed E-state index contributed by atoms with van der Waals surface area (Å²) in [6.07, 6.45) is 0. The molecular formula is C13H16N6O. The zero-order valence-corrected chi connectivity index (χ0v) is 11.4. The monoisotopic (exact) mass is 272 g/mol. The molecule has 2 aromatic heterocycles. The predicted octanol–water partition coefficient (Wildman–Crippen LogP) is 2.66. The second kappa shape index (κ2) is 5.62. The van der Waals surface area contributed by atoms with E-state index in [0.29, 0.717) is 17.1 Å². The van der Waals surface area contributed by atoms with Gasteiger partial charge in [-0.2, -0.15) is 0 Å². The molecule has 0 aliphatic rings. The minimum Gasteiger partial charge on any atom is -0.366 e. The van der Waals surface area contributed by atoms with E-state index in [4.69, 9.17) is 0 Å². The van der Waals surface area contributed by atoms with Gasteiger partial charge in [0.2, 0.25) is 11.3 Å². The summed E-state index contributed by atoms with van der Waals surface area (Å²) in [7, 11) is 0. The van der Waals surface area contributed by atoms with Crippen LogP contribution in [0.25, 0.3) is 22.6 Å². The second-order valence-electron chi connectivity index (χ2n) is 4.50. The van der Waals surface area contributed by atoms with E-state index in [1.807, 2.05) is 44.2 Å². The summed E-state index contributed by atoms with van der Waals surface area (Å²) in [4.78, 5) is 8.88. The van der Waals surface area contributed by atoms with Crippen LogP contribution in [0.2, 0.25) is 0 Å². The number of rotatable bonds is 3. The molecule has 4 N–H and O–H groups in total. The van der Waals surface area contributed by atoms with Gasteiger partial charge >= 0.3 is 0 Å². The minimum absolute atomic E-state index is 0. The van der Waals surface area contributed by atoms with E-state index in [-0.39, 0.29) is 12.2 Å². The highest BCUT2D eigenvalue weighted by Gasteiger charge is 2.14. The molecule has 20 heavy (non-hydrogen) atoms. The number of hydrogen-bond acceptors (Lipinski definition) is 7. The fourth-order valence-corrected chi connectivity index (χ4v) is 1.81. The van der Waals surface area contributed by atoms with Crippen LogP contribution in [-0.2, 0) is 0 Å². The highest BCUT2D eigenvalue weighted by atomic mass is 16.6. The van der Waals surface area contributed by atoms with Gasteiger partial charge in [0.05, 0.1) is 0 Å². The van der Waals surface area contributed by atoms with E-state index >= 15 is 0 Å². The van der Waals surface area contributed by atoms with Crippen molar-refractivity contribution in [2.75, 3.05) is 5.32 Å². The molecule has 1 aromatic carbocycles. The van der Waals surface area contributed by atoms with Gasteiger partial charge in [-0.3, -0.25) is 0 Å². The largest absolute Gasteiger partial charge is 0.366 e. The average molecular weight is 272 g/mol. The third kappa shape index (κ3) is 2.57. The van der Waals surface area contributed by atoms with Gasteiger partial charge in [0.15, 0.2) is 5.82 Å². The van der Waals surface area contributed by atoms with Crippen molar-refractivity contribution in [3.8, 4) is 11.3 Å². The van der Waals surface area contributed by atoms with E-state index in [1.54, 1.807) is 0 Å². The van der Waals surface area contributed by atoms with Gasteiger partial charge in [-0.25, -0.2) is 14.6 Å². The highest BCUT2D eigenvalue weighted by Crippen LogP contribution is 2.26. The fourth-order valence-electron chi connectivity index (χ4n) is 1.81.